The summed E-state index contributed by atoms with van der Waals surface area (Å²) >= 11 is 1.64. The monoisotopic (exact) mass is 327 g/mol. The van der Waals surface area contributed by atoms with Crippen LogP contribution in [0.3, 0.4) is 0 Å². The van der Waals surface area contributed by atoms with Crippen molar-refractivity contribution in [2.24, 2.45) is 0 Å². The molecule has 6 heteroatoms. The summed E-state index contributed by atoms with van der Waals surface area (Å²) < 4.78 is 5.99. The summed E-state index contributed by atoms with van der Waals surface area (Å²) in [4.78, 5) is 22.2. The molecule has 2 aromatic heterocycles. The van der Waals surface area contributed by atoms with E-state index in [0.717, 1.165) is 15.8 Å². The molecule has 0 aliphatic heterocycles. The number of hydrogen-bond acceptors (Lipinski definition) is 5. The first-order valence-electron chi connectivity index (χ1n) is 7.24. The van der Waals surface area contributed by atoms with Crippen LogP contribution in [0.5, 0.6) is 11.6 Å². The number of fused-ring (bicyclic) bond motifs is 1. The van der Waals surface area contributed by atoms with Crippen molar-refractivity contribution < 1.29 is 9.53 Å². The van der Waals surface area contributed by atoms with Crippen molar-refractivity contribution in [2.75, 3.05) is 5.32 Å². The van der Waals surface area contributed by atoms with Gasteiger partial charge in [0.1, 0.15) is 16.4 Å². The standard InChI is InChI=1S/C17H17N3O2S/c1-9-10(2)23-17-15(9)16(18-11(3)19-17)22-14-7-5-6-13(8-14)20-12(4)21/h5-8H,1-4H3,(H,20,21). The van der Waals surface area contributed by atoms with Gasteiger partial charge >= 0.3 is 0 Å². The predicted octanol–water partition coefficient (Wildman–Crippen LogP) is 4.37. The van der Waals surface area contributed by atoms with Crippen LogP contribution in [-0.2, 0) is 4.79 Å². The maximum absolute atomic E-state index is 11.2. The van der Waals surface area contributed by atoms with Crippen LogP contribution in [0.2, 0.25) is 0 Å². The van der Waals surface area contributed by atoms with Crippen LogP contribution in [0.25, 0.3) is 10.2 Å². The topological polar surface area (TPSA) is 64.1 Å². The number of aryl methyl sites for hydroxylation is 3. The maximum atomic E-state index is 11.2. The molecule has 0 bridgehead atoms. The van der Waals surface area contributed by atoms with E-state index in [9.17, 15) is 4.79 Å². The normalized spacial score (nSPS) is 10.8. The Morgan fingerprint density at radius 3 is 2.74 bits per heavy atom. The summed E-state index contributed by atoms with van der Waals surface area (Å²) in [6, 6.07) is 7.26. The highest BCUT2D eigenvalue weighted by atomic mass is 32.1. The zero-order valence-electron chi connectivity index (χ0n) is 13.4. The summed E-state index contributed by atoms with van der Waals surface area (Å²) in [5, 5.41) is 3.69. The predicted molar refractivity (Wildman–Crippen MR) is 92.4 cm³/mol. The Bertz CT molecular complexity index is 902. The van der Waals surface area contributed by atoms with Crippen LogP contribution in [-0.4, -0.2) is 15.9 Å². The van der Waals surface area contributed by atoms with Crippen molar-refractivity contribution in [3.8, 4) is 11.6 Å². The highest BCUT2D eigenvalue weighted by Crippen LogP contribution is 2.36. The Morgan fingerprint density at radius 1 is 1.22 bits per heavy atom. The van der Waals surface area contributed by atoms with E-state index in [1.165, 1.54) is 11.8 Å². The quantitative estimate of drug-likeness (QED) is 0.776. The minimum absolute atomic E-state index is 0.119. The molecule has 3 aromatic rings. The van der Waals surface area contributed by atoms with Crippen LogP contribution in [0.1, 0.15) is 23.2 Å². The largest absolute Gasteiger partial charge is 0.438 e. The number of nitrogens with one attached hydrogen (secondary N) is 1. The third-order valence-electron chi connectivity index (χ3n) is 3.48. The fraction of sp³-hybridized carbons (Fsp3) is 0.235. The minimum Gasteiger partial charge on any atom is -0.438 e. The number of thiophene rings is 1. The van der Waals surface area contributed by atoms with Gasteiger partial charge in [0.2, 0.25) is 11.8 Å². The third-order valence-corrected chi connectivity index (χ3v) is 4.58. The maximum Gasteiger partial charge on any atom is 0.231 e. The highest BCUT2D eigenvalue weighted by molar-refractivity contribution is 7.18. The number of carbonyl (C=O) groups excluding carboxylic acids is 1. The number of anilines is 1. The van der Waals surface area contributed by atoms with Gasteiger partial charge in [-0.1, -0.05) is 6.07 Å². The molecule has 0 radical (unpaired) electrons. The number of carbonyl (C=O) groups is 1. The summed E-state index contributed by atoms with van der Waals surface area (Å²) in [5.74, 6) is 1.73. The van der Waals surface area contributed by atoms with Crippen molar-refractivity contribution >= 4 is 33.1 Å². The first-order chi connectivity index (χ1) is 10.9. The average Bonchev–Trinajstić information content (AvgIpc) is 2.73. The molecule has 0 saturated carbocycles. The first-order valence-corrected chi connectivity index (χ1v) is 8.05. The number of rotatable bonds is 3. The van der Waals surface area contributed by atoms with Gasteiger partial charge in [-0.2, -0.15) is 4.98 Å². The molecule has 0 unspecified atom stereocenters. The lowest BCUT2D eigenvalue weighted by Gasteiger charge is -2.09. The van der Waals surface area contributed by atoms with E-state index in [1.807, 2.05) is 32.0 Å². The molecule has 0 fully saturated rings. The van der Waals surface area contributed by atoms with Crippen LogP contribution >= 0.6 is 11.3 Å². The third kappa shape index (κ3) is 3.17. The Balaban J connectivity index is 2.03. The molecule has 3 rings (SSSR count). The fourth-order valence-electron chi connectivity index (χ4n) is 2.34. The molecule has 2 heterocycles. The molecule has 0 aliphatic carbocycles. The Labute approximate surface area is 138 Å². The van der Waals surface area contributed by atoms with E-state index in [1.54, 1.807) is 17.4 Å². The molecule has 0 atom stereocenters. The van der Waals surface area contributed by atoms with Crippen LogP contribution < -0.4 is 10.1 Å². The molecule has 1 aromatic carbocycles. The van der Waals surface area contributed by atoms with Crippen molar-refractivity contribution in [3.05, 3.63) is 40.5 Å². The molecule has 1 N–H and O–H groups in total. The second kappa shape index (κ2) is 5.96. The summed E-state index contributed by atoms with van der Waals surface area (Å²) in [7, 11) is 0. The molecule has 118 valence electrons. The van der Waals surface area contributed by atoms with E-state index in [2.05, 4.69) is 22.2 Å². The molecule has 0 aliphatic rings. The van der Waals surface area contributed by atoms with Gasteiger partial charge < -0.3 is 10.1 Å². The van der Waals surface area contributed by atoms with Gasteiger partial charge in [0.25, 0.3) is 0 Å². The molecule has 1 amide bonds. The van der Waals surface area contributed by atoms with Gasteiger partial charge in [-0.3, -0.25) is 4.79 Å². The smallest absolute Gasteiger partial charge is 0.231 e. The number of hydrogen-bond donors (Lipinski definition) is 1. The fourth-order valence-corrected chi connectivity index (χ4v) is 3.41. The van der Waals surface area contributed by atoms with E-state index < -0.39 is 0 Å². The number of ether oxygens (including phenoxy) is 1. The Kier molecular flexibility index (Phi) is 4.00. The van der Waals surface area contributed by atoms with Crippen molar-refractivity contribution in [2.45, 2.75) is 27.7 Å². The second-order valence-corrected chi connectivity index (χ2v) is 6.55. The van der Waals surface area contributed by atoms with Crippen molar-refractivity contribution in [1.82, 2.24) is 9.97 Å². The van der Waals surface area contributed by atoms with Gasteiger partial charge in [-0.25, -0.2) is 4.98 Å². The molecular weight excluding hydrogens is 310 g/mol. The second-order valence-electron chi connectivity index (χ2n) is 5.35. The number of amides is 1. The Morgan fingerprint density at radius 2 is 2.00 bits per heavy atom. The van der Waals surface area contributed by atoms with E-state index in [4.69, 9.17) is 4.74 Å². The van der Waals surface area contributed by atoms with Gasteiger partial charge in [0.05, 0.1) is 5.39 Å². The van der Waals surface area contributed by atoms with E-state index in [0.29, 0.717) is 23.1 Å². The lowest BCUT2D eigenvalue weighted by molar-refractivity contribution is -0.114. The van der Waals surface area contributed by atoms with E-state index >= 15 is 0 Å². The molecular formula is C17H17N3O2S. The number of aromatic nitrogens is 2. The average molecular weight is 327 g/mol. The van der Waals surface area contributed by atoms with E-state index in [-0.39, 0.29) is 5.91 Å². The first kappa shape index (κ1) is 15.4. The van der Waals surface area contributed by atoms with Crippen molar-refractivity contribution in [1.29, 1.82) is 0 Å². The van der Waals surface area contributed by atoms with Crippen LogP contribution in [0.4, 0.5) is 5.69 Å². The van der Waals surface area contributed by atoms with Gasteiger partial charge in [-0.05, 0) is 38.5 Å². The van der Waals surface area contributed by atoms with Crippen LogP contribution in [0, 0.1) is 20.8 Å². The lowest BCUT2D eigenvalue weighted by atomic mass is 10.2. The number of nitrogens with zero attached hydrogens (tertiary/aromatic N) is 2. The molecule has 0 saturated heterocycles. The molecule has 23 heavy (non-hydrogen) atoms. The van der Waals surface area contributed by atoms with Gasteiger partial charge in [0, 0.05) is 23.6 Å². The SMILES string of the molecule is CC(=O)Nc1cccc(Oc2nc(C)nc3sc(C)c(C)c23)c1. The number of benzene rings is 1. The van der Waals surface area contributed by atoms with Crippen LogP contribution in [0.15, 0.2) is 24.3 Å². The zero-order chi connectivity index (χ0) is 16.6. The van der Waals surface area contributed by atoms with Gasteiger partial charge in [-0.15, -0.1) is 11.3 Å². The highest BCUT2D eigenvalue weighted by Gasteiger charge is 2.15. The summed E-state index contributed by atoms with van der Waals surface area (Å²) in [6.45, 7) is 7.44. The zero-order valence-corrected chi connectivity index (χ0v) is 14.2. The molecule has 0 spiro atoms. The Hall–Kier alpha value is -2.47. The summed E-state index contributed by atoms with van der Waals surface area (Å²) in [6.07, 6.45) is 0. The van der Waals surface area contributed by atoms with Gasteiger partial charge in [0.15, 0.2) is 0 Å². The minimum atomic E-state index is -0.119. The van der Waals surface area contributed by atoms with Crippen molar-refractivity contribution in [3.63, 3.8) is 0 Å². The summed E-state index contributed by atoms with van der Waals surface area (Å²) in [5.41, 5.74) is 1.83. The molecule has 5 nitrogen and oxygen atoms in total. The lowest BCUT2D eigenvalue weighted by Crippen LogP contribution is -2.05.